The molecule has 1 saturated heterocycles. The highest BCUT2D eigenvalue weighted by atomic mass is 19.4. The van der Waals surface area contributed by atoms with Gasteiger partial charge >= 0.3 is 6.18 Å². The Balaban J connectivity index is 1.27. The number of hydrogen-bond acceptors (Lipinski definition) is 4. The van der Waals surface area contributed by atoms with Gasteiger partial charge < -0.3 is 15.1 Å². The Morgan fingerprint density at radius 3 is 2.41 bits per heavy atom. The van der Waals surface area contributed by atoms with E-state index in [9.17, 15) is 27.2 Å². The summed E-state index contributed by atoms with van der Waals surface area (Å²) in [6, 6.07) is 9.50. The van der Waals surface area contributed by atoms with E-state index < -0.39 is 17.6 Å². The average Bonchev–Trinajstić information content (AvgIpc) is 2.79. The lowest BCUT2D eigenvalue weighted by Crippen LogP contribution is -2.52. The zero-order chi connectivity index (χ0) is 24.3. The Morgan fingerprint density at radius 1 is 0.941 bits per heavy atom. The minimum Gasteiger partial charge on any atom is -0.362 e. The van der Waals surface area contributed by atoms with Gasteiger partial charge in [0.2, 0.25) is 11.8 Å². The average molecular weight is 478 g/mol. The first-order valence-corrected chi connectivity index (χ1v) is 11.2. The van der Waals surface area contributed by atoms with Crippen LogP contribution in [-0.2, 0) is 22.2 Å². The number of anilines is 2. The number of hydrogen-bond donors (Lipinski definition) is 1. The van der Waals surface area contributed by atoms with Crippen molar-refractivity contribution < 1.29 is 27.2 Å². The molecular weight excluding hydrogens is 452 g/mol. The Kier molecular flexibility index (Phi) is 7.06. The van der Waals surface area contributed by atoms with Gasteiger partial charge in [-0.05, 0) is 48.7 Å². The van der Waals surface area contributed by atoms with Crippen LogP contribution in [0.3, 0.4) is 0 Å². The summed E-state index contributed by atoms with van der Waals surface area (Å²) >= 11 is 0. The fourth-order valence-electron chi connectivity index (χ4n) is 4.46. The highest BCUT2D eigenvalue weighted by molar-refractivity contribution is 5.93. The molecule has 2 heterocycles. The second-order valence-corrected chi connectivity index (χ2v) is 8.55. The van der Waals surface area contributed by atoms with Gasteiger partial charge in [0.05, 0.1) is 24.3 Å². The molecule has 6 nitrogen and oxygen atoms in total. The van der Waals surface area contributed by atoms with E-state index in [0.717, 1.165) is 36.7 Å². The molecule has 34 heavy (non-hydrogen) atoms. The third-order valence-corrected chi connectivity index (χ3v) is 6.18. The highest BCUT2D eigenvalue weighted by Gasteiger charge is 2.34. The van der Waals surface area contributed by atoms with Crippen LogP contribution in [0.25, 0.3) is 0 Å². The standard InChI is InChI=1S/C24H26F4N4O2/c25-18-7-8-21-17(14-18)4-3-9-32(21)16-23(34)31-12-10-30(11-13-31)15-22(33)29-20-6-2-1-5-19(20)24(26,27)28/h1-2,5-8,14H,3-4,9-13,15-16H2,(H,29,33). The van der Waals surface area contributed by atoms with Crippen LogP contribution in [-0.4, -0.2) is 67.4 Å². The van der Waals surface area contributed by atoms with Gasteiger partial charge in [-0.3, -0.25) is 14.5 Å². The van der Waals surface area contributed by atoms with Crippen molar-refractivity contribution in [3.05, 3.63) is 59.4 Å². The molecule has 2 aliphatic heterocycles. The topological polar surface area (TPSA) is 55.9 Å². The summed E-state index contributed by atoms with van der Waals surface area (Å²) in [7, 11) is 0. The molecule has 0 spiro atoms. The maximum atomic E-state index is 13.5. The number of nitrogens with zero attached hydrogens (tertiary/aromatic N) is 3. The predicted octanol–water partition coefficient (Wildman–Crippen LogP) is 3.38. The molecule has 1 N–H and O–H groups in total. The van der Waals surface area contributed by atoms with E-state index in [1.54, 1.807) is 11.0 Å². The molecule has 1 fully saturated rings. The van der Waals surface area contributed by atoms with E-state index in [-0.39, 0.29) is 30.5 Å². The van der Waals surface area contributed by atoms with E-state index in [1.165, 1.54) is 30.3 Å². The molecule has 0 aliphatic carbocycles. The van der Waals surface area contributed by atoms with Gasteiger partial charge in [-0.25, -0.2) is 4.39 Å². The van der Waals surface area contributed by atoms with Crippen LogP contribution in [0.2, 0.25) is 0 Å². The molecule has 2 aromatic rings. The molecule has 0 atom stereocenters. The number of fused-ring (bicyclic) bond motifs is 1. The van der Waals surface area contributed by atoms with Crippen molar-refractivity contribution >= 4 is 23.2 Å². The SMILES string of the molecule is O=C(CN1CCN(C(=O)CN2CCCc3cc(F)ccc32)CC1)Nc1ccccc1C(F)(F)F. The van der Waals surface area contributed by atoms with Gasteiger partial charge in [0, 0.05) is 38.4 Å². The van der Waals surface area contributed by atoms with E-state index in [1.807, 2.05) is 9.80 Å². The highest BCUT2D eigenvalue weighted by Crippen LogP contribution is 2.34. The second-order valence-electron chi connectivity index (χ2n) is 8.55. The predicted molar refractivity (Wildman–Crippen MR) is 120 cm³/mol. The van der Waals surface area contributed by atoms with Crippen molar-refractivity contribution in [3.8, 4) is 0 Å². The fourth-order valence-corrected chi connectivity index (χ4v) is 4.46. The number of amides is 2. The molecule has 0 radical (unpaired) electrons. The third kappa shape index (κ3) is 5.67. The zero-order valence-corrected chi connectivity index (χ0v) is 18.6. The van der Waals surface area contributed by atoms with Gasteiger partial charge in [-0.15, -0.1) is 0 Å². The summed E-state index contributed by atoms with van der Waals surface area (Å²) < 4.78 is 52.9. The van der Waals surface area contributed by atoms with Crippen LogP contribution < -0.4 is 10.2 Å². The van der Waals surface area contributed by atoms with Crippen LogP contribution in [0.1, 0.15) is 17.5 Å². The van der Waals surface area contributed by atoms with E-state index in [4.69, 9.17) is 0 Å². The Hall–Kier alpha value is -3.14. The van der Waals surface area contributed by atoms with Gasteiger partial charge in [0.15, 0.2) is 0 Å². The number of benzene rings is 2. The summed E-state index contributed by atoms with van der Waals surface area (Å²) in [4.78, 5) is 30.7. The Morgan fingerprint density at radius 2 is 1.68 bits per heavy atom. The lowest BCUT2D eigenvalue weighted by Gasteiger charge is -2.37. The lowest BCUT2D eigenvalue weighted by molar-refractivity contribution is -0.137. The fraction of sp³-hybridized carbons (Fsp3) is 0.417. The summed E-state index contributed by atoms with van der Waals surface area (Å²) in [6.45, 7) is 2.62. The van der Waals surface area contributed by atoms with Crippen LogP contribution in [0.15, 0.2) is 42.5 Å². The molecule has 10 heteroatoms. The molecule has 182 valence electrons. The van der Waals surface area contributed by atoms with Gasteiger partial charge in [0.1, 0.15) is 5.82 Å². The minimum absolute atomic E-state index is 0.0413. The first kappa shape index (κ1) is 24.0. The zero-order valence-electron chi connectivity index (χ0n) is 18.6. The number of rotatable bonds is 5. The third-order valence-electron chi connectivity index (χ3n) is 6.18. The minimum atomic E-state index is -4.56. The molecule has 2 aromatic carbocycles. The number of halogens is 4. The number of carbonyl (C=O) groups excluding carboxylic acids is 2. The first-order chi connectivity index (χ1) is 16.2. The molecule has 4 rings (SSSR count). The first-order valence-electron chi connectivity index (χ1n) is 11.2. The summed E-state index contributed by atoms with van der Waals surface area (Å²) in [5, 5.41) is 2.35. The van der Waals surface area contributed by atoms with E-state index in [2.05, 4.69) is 5.32 Å². The van der Waals surface area contributed by atoms with Crippen LogP contribution in [0.4, 0.5) is 28.9 Å². The molecule has 2 amide bonds. The van der Waals surface area contributed by atoms with Gasteiger partial charge in [-0.2, -0.15) is 13.2 Å². The number of carbonyl (C=O) groups is 2. The Labute approximate surface area is 195 Å². The van der Waals surface area contributed by atoms with Crippen molar-refractivity contribution in [2.24, 2.45) is 0 Å². The number of para-hydroxylation sites is 1. The lowest BCUT2D eigenvalue weighted by atomic mass is 10.0. The van der Waals surface area contributed by atoms with Crippen molar-refractivity contribution in [3.63, 3.8) is 0 Å². The molecule has 0 saturated carbocycles. The van der Waals surface area contributed by atoms with Crippen LogP contribution in [0.5, 0.6) is 0 Å². The molecule has 2 aliphatic rings. The van der Waals surface area contributed by atoms with Gasteiger partial charge in [0.25, 0.3) is 0 Å². The van der Waals surface area contributed by atoms with Crippen LogP contribution in [0, 0.1) is 5.82 Å². The maximum Gasteiger partial charge on any atom is 0.418 e. The van der Waals surface area contributed by atoms with Gasteiger partial charge in [-0.1, -0.05) is 12.1 Å². The summed E-state index contributed by atoms with van der Waals surface area (Å²) in [5.41, 5.74) is 0.633. The molecule has 0 bridgehead atoms. The van der Waals surface area contributed by atoms with Crippen molar-refractivity contribution in [2.45, 2.75) is 19.0 Å². The summed E-state index contributed by atoms with van der Waals surface area (Å²) in [5.74, 6) is -0.858. The largest absolute Gasteiger partial charge is 0.418 e. The van der Waals surface area contributed by atoms with E-state index in [0.29, 0.717) is 26.2 Å². The smallest absolute Gasteiger partial charge is 0.362 e. The van der Waals surface area contributed by atoms with Crippen molar-refractivity contribution in [2.75, 3.05) is 56.0 Å². The van der Waals surface area contributed by atoms with Crippen molar-refractivity contribution in [1.82, 2.24) is 9.80 Å². The molecular formula is C24H26F4N4O2. The normalized spacial score (nSPS) is 16.8. The molecule has 0 unspecified atom stereocenters. The van der Waals surface area contributed by atoms with E-state index >= 15 is 0 Å². The van der Waals surface area contributed by atoms with Crippen molar-refractivity contribution in [1.29, 1.82) is 0 Å². The Bertz CT molecular complexity index is 1050. The monoisotopic (exact) mass is 478 g/mol. The molecule has 0 aromatic heterocycles. The number of aryl methyl sites for hydroxylation is 1. The maximum absolute atomic E-state index is 13.5. The quantitative estimate of drug-likeness (QED) is 0.670. The van der Waals surface area contributed by atoms with Crippen LogP contribution >= 0.6 is 0 Å². The number of nitrogens with one attached hydrogen (secondary N) is 1. The number of alkyl halides is 3. The number of piperazine rings is 1. The second kappa shape index (κ2) is 10.0. The summed E-state index contributed by atoms with van der Waals surface area (Å²) in [6.07, 6.45) is -2.92.